The summed E-state index contributed by atoms with van der Waals surface area (Å²) >= 11 is 3.06. The number of amides is 1. The minimum Gasteiger partial charge on any atom is -0.298 e. The van der Waals surface area contributed by atoms with Crippen LogP contribution in [0.5, 0.6) is 0 Å². The molecule has 1 amide bonds. The molecule has 0 fully saturated rings. The summed E-state index contributed by atoms with van der Waals surface area (Å²) in [5, 5.41) is 7.35. The molecule has 21 heavy (non-hydrogen) atoms. The number of hydrogen-bond donors (Lipinski definition) is 1. The first-order valence-electron chi connectivity index (χ1n) is 6.35. The molecule has 1 aromatic carbocycles. The van der Waals surface area contributed by atoms with Crippen LogP contribution in [0, 0.1) is 0 Å². The molecule has 0 unspecified atom stereocenters. The zero-order chi connectivity index (χ0) is 14.5. The topological polar surface area (TPSA) is 42.0 Å². The Kier molecular flexibility index (Phi) is 4.23. The van der Waals surface area contributed by atoms with Gasteiger partial charge < -0.3 is 0 Å². The summed E-state index contributed by atoms with van der Waals surface area (Å²) in [6.07, 6.45) is 3.30. The molecular formula is C16H12N2OS2. The normalized spacial score (nSPS) is 10.9. The van der Waals surface area contributed by atoms with Crippen molar-refractivity contribution in [1.29, 1.82) is 0 Å². The molecule has 1 N–H and O–H groups in total. The van der Waals surface area contributed by atoms with Gasteiger partial charge in [-0.25, -0.2) is 4.98 Å². The molecule has 0 aliphatic rings. The van der Waals surface area contributed by atoms with Crippen LogP contribution in [-0.4, -0.2) is 10.9 Å². The highest BCUT2D eigenvalue weighted by atomic mass is 32.1. The number of rotatable bonds is 4. The van der Waals surface area contributed by atoms with E-state index in [2.05, 4.69) is 10.3 Å². The minimum absolute atomic E-state index is 0.175. The number of carbonyl (C=O) groups excluding carboxylic acids is 1. The van der Waals surface area contributed by atoms with Crippen LogP contribution in [0.2, 0.25) is 0 Å². The lowest BCUT2D eigenvalue weighted by Gasteiger charge is -1.96. The highest BCUT2D eigenvalue weighted by Gasteiger charge is 2.06. The Balaban J connectivity index is 1.64. The van der Waals surface area contributed by atoms with Crippen LogP contribution in [0.25, 0.3) is 16.6 Å². The standard InChI is InChI=1S/C16H12N2OS2/c19-15(9-8-12-5-2-1-3-6-12)18-16-17-13(11-21-16)14-7-4-10-20-14/h1-11H,(H,17,18,19)/b9-8+. The van der Waals surface area contributed by atoms with Gasteiger partial charge in [0.1, 0.15) is 0 Å². The molecule has 3 nitrogen and oxygen atoms in total. The molecule has 0 bridgehead atoms. The van der Waals surface area contributed by atoms with Crippen LogP contribution >= 0.6 is 22.7 Å². The fourth-order valence-electron chi connectivity index (χ4n) is 1.75. The molecule has 0 saturated heterocycles. The molecule has 2 heterocycles. The van der Waals surface area contributed by atoms with Gasteiger partial charge in [0.25, 0.3) is 0 Å². The second-order valence-corrected chi connectivity index (χ2v) is 6.05. The Bertz CT molecular complexity index is 746. The minimum atomic E-state index is -0.175. The Morgan fingerprint density at radius 1 is 1.10 bits per heavy atom. The first-order valence-corrected chi connectivity index (χ1v) is 8.11. The lowest BCUT2D eigenvalue weighted by atomic mass is 10.2. The maximum atomic E-state index is 11.9. The van der Waals surface area contributed by atoms with Gasteiger partial charge in [0, 0.05) is 11.5 Å². The first kappa shape index (κ1) is 13.7. The van der Waals surface area contributed by atoms with Gasteiger partial charge in [0.2, 0.25) is 5.91 Å². The van der Waals surface area contributed by atoms with Gasteiger partial charge in [-0.3, -0.25) is 10.1 Å². The summed E-state index contributed by atoms with van der Waals surface area (Å²) in [6, 6.07) is 13.7. The third kappa shape index (κ3) is 3.65. The van der Waals surface area contributed by atoms with Crippen molar-refractivity contribution in [2.45, 2.75) is 0 Å². The molecule has 104 valence electrons. The van der Waals surface area contributed by atoms with Crippen LogP contribution in [0.1, 0.15) is 5.56 Å². The van der Waals surface area contributed by atoms with E-state index in [9.17, 15) is 4.79 Å². The SMILES string of the molecule is O=C(/C=C/c1ccccc1)Nc1nc(-c2cccs2)cs1. The number of nitrogens with zero attached hydrogens (tertiary/aromatic N) is 1. The number of aromatic nitrogens is 1. The first-order chi connectivity index (χ1) is 10.3. The van der Waals surface area contributed by atoms with Crippen LogP contribution in [0.15, 0.2) is 59.3 Å². The third-order valence-electron chi connectivity index (χ3n) is 2.73. The van der Waals surface area contributed by atoms with Crippen molar-refractivity contribution in [3.8, 4) is 10.6 Å². The van der Waals surface area contributed by atoms with Gasteiger partial charge in [-0.05, 0) is 23.1 Å². The van der Waals surface area contributed by atoms with E-state index < -0.39 is 0 Å². The predicted molar refractivity (Wildman–Crippen MR) is 89.5 cm³/mol. The second-order valence-electron chi connectivity index (χ2n) is 4.25. The Morgan fingerprint density at radius 2 is 1.95 bits per heavy atom. The lowest BCUT2D eigenvalue weighted by molar-refractivity contribution is -0.111. The molecule has 0 atom stereocenters. The van der Waals surface area contributed by atoms with E-state index in [4.69, 9.17) is 0 Å². The maximum absolute atomic E-state index is 11.9. The molecule has 5 heteroatoms. The van der Waals surface area contributed by atoms with Crippen molar-refractivity contribution in [1.82, 2.24) is 4.98 Å². The zero-order valence-electron chi connectivity index (χ0n) is 11.0. The largest absolute Gasteiger partial charge is 0.298 e. The van der Waals surface area contributed by atoms with Crippen LogP contribution in [-0.2, 0) is 4.79 Å². The van der Waals surface area contributed by atoms with E-state index in [-0.39, 0.29) is 5.91 Å². The number of nitrogens with one attached hydrogen (secondary N) is 1. The third-order valence-corrected chi connectivity index (χ3v) is 4.38. The number of thiophene rings is 1. The van der Waals surface area contributed by atoms with E-state index in [0.717, 1.165) is 16.1 Å². The van der Waals surface area contributed by atoms with Crippen molar-refractivity contribution in [3.05, 3.63) is 64.9 Å². The maximum Gasteiger partial charge on any atom is 0.250 e. The number of anilines is 1. The molecular weight excluding hydrogens is 300 g/mol. The van der Waals surface area contributed by atoms with Gasteiger partial charge >= 0.3 is 0 Å². The molecule has 0 spiro atoms. The molecule has 3 rings (SSSR count). The summed E-state index contributed by atoms with van der Waals surface area (Å²) in [5.74, 6) is -0.175. The molecule has 0 saturated carbocycles. The van der Waals surface area contributed by atoms with E-state index in [0.29, 0.717) is 5.13 Å². The van der Waals surface area contributed by atoms with Gasteiger partial charge in [0.05, 0.1) is 10.6 Å². The second kappa shape index (κ2) is 6.47. The molecule has 0 radical (unpaired) electrons. The number of carbonyl (C=O) groups is 1. The highest BCUT2D eigenvalue weighted by Crippen LogP contribution is 2.28. The summed E-state index contributed by atoms with van der Waals surface area (Å²) in [6.45, 7) is 0. The molecule has 3 aromatic rings. The van der Waals surface area contributed by atoms with Crippen molar-refractivity contribution < 1.29 is 4.79 Å². The van der Waals surface area contributed by atoms with Crippen molar-refractivity contribution >= 4 is 39.8 Å². The average molecular weight is 312 g/mol. The van der Waals surface area contributed by atoms with E-state index >= 15 is 0 Å². The molecule has 0 aliphatic carbocycles. The quantitative estimate of drug-likeness (QED) is 0.719. The molecule has 0 aliphatic heterocycles. The summed E-state index contributed by atoms with van der Waals surface area (Å²) in [4.78, 5) is 17.4. The number of hydrogen-bond acceptors (Lipinski definition) is 4. The van der Waals surface area contributed by atoms with E-state index in [1.54, 1.807) is 17.4 Å². The average Bonchev–Trinajstić information content (AvgIpc) is 3.17. The lowest BCUT2D eigenvalue weighted by Crippen LogP contribution is -2.07. The Labute approximate surface area is 130 Å². The van der Waals surface area contributed by atoms with Gasteiger partial charge in [-0.15, -0.1) is 22.7 Å². The Hall–Kier alpha value is -2.24. The van der Waals surface area contributed by atoms with Gasteiger partial charge in [-0.1, -0.05) is 36.4 Å². The predicted octanol–water partition coefficient (Wildman–Crippen LogP) is 4.52. The van der Waals surface area contributed by atoms with Gasteiger partial charge in [-0.2, -0.15) is 0 Å². The number of benzene rings is 1. The van der Waals surface area contributed by atoms with Gasteiger partial charge in [0.15, 0.2) is 5.13 Å². The highest BCUT2D eigenvalue weighted by molar-refractivity contribution is 7.16. The number of thiazole rings is 1. The molecule has 2 aromatic heterocycles. The van der Waals surface area contributed by atoms with Crippen LogP contribution in [0.4, 0.5) is 5.13 Å². The smallest absolute Gasteiger partial charge is 0.250 e. The van der Waals surface area contributed by atoms with Crippen molar-refractivity contribution in [3.63, 3.8) is 0 Å². The zero-order valence-corrected chi connectivity index (χ0v) is 12.7. The van der Waals surface area contributed by atoms with Crippen molar-refractivity contribution in [2.24, 2.45) is 0 Å². The van der Waals surface area contributed by atoms with E-state index in [1.165, 1.54) is 17.4 Å². The summed E-state index contributed by atoms with van der Waals surface area (Å²) in [5.41, 5.74) is 1.89. The van der Waals surface area contributed by atoms with Crippen LogP contribution in [0.3, 0.4) is 0 Å². The van der Waals surface area contributed by atoms with Crippen LogP contribution < -0.4 is 5.32 Å². The monoisotopic (exact) mass is 312 g/mol. The summed E-state index contributed by atoms with van der Waals surface area (Å²) in [7, 11) is 0. The van der Waals surface area contributed by atoms with E-state index in [1.807, 2.05) is 53.2 Å². The fourth-order valence-corrected chi connectivity index (χ4v) is 3.23. The Morgan fingerprint density at radius 3 is 2.71 bits per heavy atom. The summed E-state index contributed by atoms with van der Waals surface area (Å²) < 4.78 is 0. The van der Waals surface area contributed by atoms with Crippen molar-refractivity contribution in [2.75, 3.05) is 5.32 Å². The fraction of sp³-hybridized carbons (Fsp3) is 0.